The van der Waals surface area contributed by atoms with Crippen LogP contribution in [0.3, 0.4) is 0 Å². The minimum Gasteiger partial charge on any atom is -0.497 e. The molecule has 0 saturated heterocycles. The first-order valence-corrected chi connectivity index (χ1v) is 8.22. The SMILES string of the molecule is CCCC(=O)NC(Cc1ccc(OC)cc1)c1ccc(OC)cc1. The molecule has 0 heterocycles. The Hall–Kier alpha value is -2.49. The molecule has 0 radical (unpaired) electrons. The van der Waals surface area contributed by atoms with Crippen LogP contribution in [0.1, 0.15) is 36.9 Å². The molecule has 1 unspecified atom stereocenters. The fourth-order valence-electron chi connectivity index (χ4n) is 2.58. The van der Waals surface area contributed by atoms with Gasteiger partial charge in [-0.05, 0) is 48.2 Å². The molecule has 1 atom stereocenters. The van der Waals surface area contributed by atoms with Crippen LogP contribution in [0.5, 0.6) is 11.5 Å². The highest BCUT2D eigenvalue weighted by Crippen LogP contribution is 2.23. The van der Waals surface area contributed by atoms with Crippen molar-refractivity contribution in [2.75, 3.05) is 14.2 Å². The lowest BCUT2D eigenvalue weighted by atomic mass is 9.98. The molecule has 0 aromatic heterocycles. The molecular weight excluding hydrogens is 302 g/mol. The Bertz CT molecular complexity index is 635. The largest absolute Gasteiger partial charge is 0.497 e. The van der Waals surface area contributed by atoms with Crippen molar-refractivity contribution in [2.45, 2.75) is 32.2 Å². The lowest BCUT2D eigenvalue weighted by Crippen LogP contribution is -2.29. The highest BCUT2D eigenvalue weighted by Gasteiger charge is 2.15. The molecule has 128 valence electrons. The number of carbonyl (C=O) groups excluding carboxylic acids is 1. The Labute approximate surface area is 143 Å². The predicted molar refractivity (Wildman–Crippen MR) is 95.5 cm³/mol. The lowest BCUT2D eigenvalue weighted by Gasteiger charge is -2.20. The highest BCUT2D eigenvalue weighted by molar-refractivity contribution is 5.76. The zero-order valence-corrected chi connectivity index (χ0v) is 14.5. The minimum atomic E-state index is -0.0663. The Kier molecular flexibility index (Phi) is 6.67. The van der Waals surface area contributed by atoms with Crippen molar-refractivity contribution in [1.82, 2.24) is 5.32 Å². The first-order valence-electron chi connectivity index (χ1n) is 8.22. The fourth-order valence-corrected chi connectivity index (χ4v) is 2.58. The number of nitrogens with one attached hydrogen (secondary N) is 1. The summed E-state index contributed by atoms with van der Waals surface area (Å²) in [6.45, 7) is 2.01. The molecule has 1 amide bonds. The highest BCUT2D eigenvalue weighted by atomic mass is 16.5. The standard InChI is InChI=1S/C20H25NO3/c1-4-5-20(22)21-19(16-8-12-18(24-3)13-9-16)14-15-6-10-17(23-2)11-7-15/h6-13,19H,4-5,14H2,1-3H3,(H,21,22). The molecule has 2 aromatic rings. The number of amides is 1. The number of hydrogen-bond donors (Lipinski definition) is 1. The van der Waals surface area contributed by atoms with E-state index in [1.54, 1.807) is 14.2 Å². The third-order valence-corrected chi connectivity index (χ3v) is 3.93. The van der Waals surface area contributed by atoms with Gasteiger partial charge < -0.3 is 14.8 Å². The average Bonchev–Trinajstić information content (AvgIpc) is 2.62. The monoisotopic (exact) mass is 327 g/mol. The third kappa shape index (κ3) is 5.01. The van der Waals surface area contributed by atoms with Gasteiger partial charge in [0.25, 0.3) is 0 Å². The van der Waals surface area contributed by atoms with Crippen molar-refractivity contribution >= 4 is 5.91 Å². The summed E-state index contributed by atoms with van der Waals surface area (Å²) in [5, 5.41) is 3.14. The van der Waals surface area contributed by atoms with Crippen LogP contribution >= 0.6 is 0 Å². The lowest BCUT2D eigenvalue weighted by molar-refractivity contribution is -0.121. The zero-order valence-electron chi connectivity index (χ0n) is 14.5. The number of methoxy groups -OCH3 is 2. The Balaban J connectivity index is 2.18. The summed E-state index contributed by atoms with van der Waals surface area (Å²) >= 11 is 0. The number of carbonyl (C=O) groups is 1. The van der Waals surface area contributed by atoms with Gasteiger partial charge in [-0.15, -0.1) is 0 Å². The van der Waals surface area contributed by atoms with Gasteiger partial charge in [-0.2, -0.15) is 0 Å². The number of ether oxygens (including phenoxy) is 2. The molecule has 0 bridgehead atoms. The summed E-state index contributed by atoms with van der Waals surface area (Å²) in [5.41, 5.74) is 2.21. The van der Waals surface area contributed by atoms with E-state index in [9.17, 15) is 4.79 Å². The Morgan fingerprint density at radius 2 is 1.50 bits per heavy atom. The summed E-state index contributed by atoms with van der Waals surface area (Å²) in [5.74, 6) is 1.71. The van der Waals surface area contributed by atoms with E-state index in [0.29, 0.717) is 6.42 Å². The fraction of sp³-hybridized carbons (Fsp3) is 0.350. The van der Waals surface area contributed by atoms with Crippen molar-refractivity contribution < 1.29 is 14.3 Å². The third-order valence-electron chi connectivity index (χ3n) is 3.93. The van der Waals surface area contributed by atoms with Crippen LogP contribution in [-0.2, 0) is 11.2 Å². The number of rotatable bonds is 8. The first kappa shape index (κ1) is 17.9. The molecular formula is C20H25NO3. The van der Waals surface area contributed by atoms with Crippen molar-refractivity contribution in [1.29, 1.82) is 0 Å². The Morgan fingerprint density at radius 1 is 0.958 bits per heavy atom. The molecule has 0 saturated carbocycles. The van der Waals surface area contributed by atoms with E-state index in [0.717, 1.165) is 35.5 Å². The number of benzene rings is 2. The van der Waals surface area contributed by atoms with E-state index in [1.165, 1.54) is 0 Å². The van der Waals surface area contributed by atoms with Crippen LogP contribution in [-0.4, -0.2) is 20.1 Å². The Morgan fingerprint density at radius 3 is 2.00 bits per heavy atom. The first-order chi connectivity index (χ1) is 11.7. The van der Waals surface area contributed by atoms with E-state index >= 15 is 0 Å². The molecule has 24 heavy (non-hydrogen) atoms. The zero-order chi connectivity index (χ0) is 17.4. The number of hydrogen-bond acceptors (Lipinski definition) is 3. The summed E-state index contributed by atoms with van der Waals surface area (Å²) in [4.78, 5) is 12.1. The van der Waals surface area contributed by atoms with Gasteiger partial charge in [-0.1, -0.05) is 31.2 Å². The second kappa shape index (κ2) is 8.96. The van der Waals surface area contributed by atoms with Gasteiger partial charge >= 0.3 is 0 Å². The molecule has 1 N–H and O–H groups in total. The van der Waals surface area contributed by atoms with Crippen LogP contribution in [0.25, 0.3) is 0 Å². The van der Waals surface area contributed by atoms with Crippen LogP contribution in [0.2, 0.25) is 0 Å². The van der Waals surface area contributed by atoms with Gasteiger partial charge in [0.05, 0.1) is 20.3 Å². The smallest absolute Gasteiger partial charge is 0.220 e. The second-order valence-corrected chi connectivity index (χ2v) is 5.70. The quantitative estimate of drug-likeness (QED) is 0.800. The van der Waals surface area contributed by atoms with Crippen molar-refractivity contribution in [3.63, 3.8) is 0 Å². The minimum absolute atomic E-state index is 0.0663. The van der Waals surface area contributed by atoms with Crippen molar-refractivity contribution in [3.05, 3.63) is 59.7 Å². The van der Waals surface area contributed by atoms with Gasteiger partial charge in [0, 0.05) is 6.42 Å². The molecule has 0 aliphatic carbocycles. The topological polar surface area (TPSA) is 47.6 Å². The van der Waals surface area contributed by atoms with Crippen molar-refractivity contribution in [2.24, 2.45) is 0 Å². The molecule has 2 rings (SSSR count). The van der Waals surface area contributed by atoms with Gasteiger partial charge in [0.2, 0.25) is 5.91 Å². The predicted octanol–water partition coefficient (Wildman–Crippen LogP) is 3.90. The van der Waals surface area contributed by atoms with Gasteiger partial charge in [-0.25, -0.2) is 0 Å². The van der Waals surface area contributed by atoms with Crippen LogP contribution in [0.4, 0.5) is 0 Å². The van der Waals surface area contributed by atoms with Crippen LogP contribution < -0.4 is 14.8 Å². The maximum atomic E-state index is 12.1. The van der Waals surface area contributed by atoms with Crippen LogP contribution in [0, 0.1) is 0 Å². The molecule has 0 aliphatic heterocycles. The van der Waals surface area contributed by atoms with E-state index in [1.807, 2.05) is 55.5 Å². The van der Waals surface area contributed by atoms with E-state index in [4.69, 9.17) is 9.47 Å². The molecule has 0 spiro atoms. The van der Waals surface area contributed by atoms with E-state index in [-0.39, 0.29) is 11.9 Å². The van der Waals surface area contributed by atoms with Crippen LogP contribution in [0.15, 0.2) is 48.5 Å². The van der Waals surface area contributed by atoms with E-state index in [2.05, 4.69) is 5.32 Å². The van der Waals surface area contributed by atoms with Crippen molar-refractivity contribution in [3.8, 4) is 11.5 Å². The molecule has 2 aromatic carbocycles. The molecule has 0 fully saturated rings. The molecule has 4 nitrogen and oxygen atoms in total. The molecule has 4 heteroatoms. The maximum absolute atomic E-state index is 12.1. The normalized spacial score (nSPS) is 11.6. The maximum Gasteiger partial charge on any atom is 0.220 e. The van der Waals surface area contributed by atoms with Gasteiger partial charge in [0.15, 0.2) is 0 Å². The van der Waals surface area contributed by atoms with E-state index < -0.39 is 0 Å². The molecule has 0 aliphatic rings. The van der Waals surface area contributed by atoms with Gasteiger partial charge in [-0.3, -0.25) is 4.79 Å². The summed E-state index contributed by atoms with van der Waals surface area (Å²) in [7, 11) is 3.30. The van der Waals surface area contributed by atoms with Gasteiger partial charge in [0.1, 0.15) is 11.5 Å². The second-order valence-electron chi connectivity index (χ2n) is 5.70. The average molecular weight is 327 g/mol. The summed E-state index contributed by atoms with van der Waals surface area (Å²) in [6.07, 6.45) is 2.10. The summed E-state index contributed by atoms with van der Waals surface area (Å²) in [6, 6.07) is 15.7. The summed E-state index contributed by atoms with van der Waals surface area (Å²) < 4.78 is 10.4.